The zero-order chi connectivity index (χ0) is 21.7. The van der Waals surface area contributed by atoms with Crippen molar-refractivity contribution in [2.24, 2.45) is 5.92 Å². The highest BCUT2D eigenvalue weighted by molar-refractivity contribution is 7.17. The second kappa shape index (κ2) is 9.98. The normalized spacial score (nSPS) is 15.3. The van der Waals surface area contributed by atoms with E-state index in [-0.39, 0.29) is 18.3 Å². The Morgan fingerprint density at radius 1 is 1.20 bits per heavy atom. The van der Waals surface area contributed by atoms with Gasteiger partial charge in [0.15, 0.2) is 11.5 Å². The second-order valence-corrected chi connectivity index (χ2v) is 8.71. The number of hydrogen-bond acceptors (Lipinski definition) is 6. The van der Waals surface area contributed by atoms with Gasteiger partial charge in [0, 0.05) is 4.88 Å². The predicted molar refractivity (Wildman–Crippen MR) is 118 cm³/mol. The van der Waals surface area contributed by atoms with Crippen molar-refractivity contribution in [2.75, 3.05) is 26.1 Å². The highest BCUT2D eigenvalue weighted by Crippen LogP contribution is 2.40. The molecule has 0 spiro atoms. The van der Waals surface area contributed by atoms with Gasteiger partial charge in [-0.15, -0.1) is 11.3 Å². The Morgan fingerprint density at radius 3 is 2.67 bits per heavy atom. The first-order valence-corrected chi connectivity index (χ1v) is 11.1. The van der Waals surface area contributed by atoms with Crippen LogP contribution in [0.25, 0.3) is 0 Å². The topological polar surface area (TPSA) is 73.9 Å². The number of carbonyl (C=O) groups is 2. The van der Waals surface area contributed by atoms with E-state index in [0.29, 0.717) is 34.6 Å². The summed E-state index contributed by atoms with van der Waals surface area (Å²) in [6, 6.07) is 5.40. The van der Waals surface area contributed by atoms with Crippen LogP contribution in [0.1, 0.15) is 53.1 Å². The van der Waals surface area contributed by atoms with Gasteiger partial charge in [-0.2, -0.15) is 0 Å². The van der Waals surface area contributed by atoms with E-state index in [1.54, 1.807) is 26.4 Å². The molecule has 0 aliphatic heterocycles. The standard InChI is InChI=1S/C23H29NO5S/c1-5-10-29-23(26)21-16-8-6-14(2)11-19(16)30-22(21)24-20(25)13-15-7-9-17(27-3)18(12-15)28-4/h7,9,12,14H,5-6,8,10-11,13H2,1-4H3,(H,24,25)/t14-/m1/s1. The number of rotatable bonds is 8. The molecule has 1 amide bonds. The minimum atomic E-state index is -0.342. The van der Waals surface area contributed by atoms with Crippen LogP contribution >= 0.6 is 11.3 Å². The summed E-state index contributed by atoms with van der Waals surface area (Å²) < 4.78 is 16.0. The summed E-state index contributed by atoms with van der Waals surface area (Å²) in [5.74, 6) is 1.24. The number of carbonyl (C=O) groups excluding carboxylic acids is 2. The Hall–Kier alpha value is -2.54. The summed E-state index contributed by atoms with van der Waals surface area (Å²) >= 11 is 1.50. The predicted octanol–water partition coefficient (Wildman–Crippen LogP) is 4.64. The van der Waals surface area contributed by atoms with E-state index in [2.05, 4.69) is 12.2 Å². The number of ether oxygens (including phenoxy) is 3. The van der Waals surface area contributed by atoms with Gasteiger partial charge in [0.1, 0.15) is 5.00 Å². The van der Waals surface area contributed by atoms with Crippen molar-refractivity contribution < 1.29 is 23.8 Å². The van der Waals surface area contributed by atoms with Crippen LogP contribution in [0.5, 0.6) is 11.5 Å². The number of hydrogen-bond donors (Lipinski definition) is 1. The summed E-state index contributed by atoms with van der Waals surface area (Å²) in [5, 5.41) is 3.56. The highest BCUT2D eigenvalue weighted by atomic mass is 32.1. The molecule has 0 radical (unpaired) electrons. The molecule has 1 aromatic carbocycles. The number of esters is 1. The maximum atomic E-state index is 12.8. The van der Waals surface area contributed by atoms with Gasteiger partial charge in [0.05, 0.1) is 32.8 Å². The van der Waals surface area contributed by atoms with Crippen molar-refractivity contribution in [1.29, 1.82) is 0 Å². The highest BCUT2D eigenvalue weighted by Gasteiger charge is 2.29. The van der Waals surface area contributed by atoms with Crippen LogP contribution in [0.4, 0.5) is 5.00 Å². The molecular weight excluding hydrogens is 402 g/mol. The minimum absolute atomic E-state index is 0.169. The monoisotopic (exact) mass is 431 g/mol. The molecule has 3 rings (SSSR count). The van der Waals surface area contributed by atoms with Crippen LogP contribution in [-0.2, 0) is 28.8 Å². The van der Waals surface area contributed by atoms with Crippen LogP contribution in [0, 0.1) is 5.92 Å². The van der Waals surface area contributed by atoms with Crippen LogP contribution in [0.15, 0.2) is 18.2 Å². The van der Waals surface area contributed by atoms with Crippen LogP contribution in [0.3, 0.4) is 0 Å². The lowest BCUT2D eigenvalue weighted by molar-refractivity contribution is -0.115. The maximum Gasteiger partial charge on any atom is 0.341 e. The van der Waals surface area contributed by atoms with E-state index in [9.17, 15) is 9.59 Å². The third-order valence-corrected chi connectivity index (χ3v) is 6.39. The maximum absolute atomic E-state index is 12.8. The zero-order valence-corrected chi connectivity index (χ0v) is 18.8. The molecule has 1 aliphatic rings. The van der Waals surface area contributed by atoms with Crippen molar-refractivity contribution in [3.63, 3.8) is 0 Å². The quantitative estimate of drug-likeness (QED) is 0.617. The molecule has 0 fully saturated rings. The summed E-state index contributed by atoms with van der Waals surface area (Å²) in [4.78, 5) is 26.7. The number of thiophene rings is 1. The van der Waals surface area contributed by atoms with Gasteiger partial charge in [-0.1, -0.05) is 19.9 Å². The summed E-state index contributed by atoms with van der Waals surface area (Å²) in [6.07, 6.45) is 3.74. The van der Waals surface area contributed by atoms with Crippen molar-refractivity contribution >= 4 is 28.2 Å². The molecule has 7 heteroatoms. The molecule has 1 aliphatic carbocycles. The van der Waals surface area contributed by atoms with Crippen molar-refractivity contribution in [3.05, 3.63) is 39.8 Å². The molecule has 1 heterocycles. The fourth-order valence-corrected chi connectivity index (χ4v) is 5.08. The van der Waals surface area contributed by atoms with E-state index in [1.165, 1.54) is 16.2 Å². The average Bonchev–Trinajstić information content (AvgIpc) is 3.08. The molecular formula is C23H29NO5S. The van der Waals surface area contributed by atoms with Gasteiger partial charge in [-0.25, -0.2) is 4.79 Å². The average molecular weight is 432 g/mol. The Morgan fingerprint density at radius 2 is 1.97 bits per heavy atom. The van der Waals surface area contributed by atoms with E-state index in [4.69, 9.17) is 14.2 Å². The Bertz CT molecular complexity index is 921. The molecule has 1 atom stereocenters. The smallest absolute Gasteiger partial charge is 0.341 e. The molecule has 162 valence electrons. The molecule has 0 saturated heterocycles. The number of nitrogens with one attached hydrogen (secondary N) is 1. The van der Waals surface area contributed by atoms with Crippen LogP contribution in [-0.4, -0.2) is 32.7 Å². The first-order chi connectivity index (χ1) is 14.5. The fourth-order valence-electron chi connectivity index (χ4n) is 3.67. The van der Waals surface area contributed by atoms with Gasteiger partial charge < -0.3 is 19.5 Å². The van der Waals surface area contributed by atoms with E-state index in [1.807, 2.05) is 13.0 Å². The lowest BCUT2D eigenvalue weighted by Gasteiger charge is -2.18. The molecule has 2 aromatic rings. The van der Waals surface area contributed by atoms with E-state index in [0.717, 1.165) is 36.8 Å². The largest absolute Gasteiger partial charge is 0.493 e. The van der Waals surface area contributed by atoms with Crippen LogP contribution in [0.2, 0.25) is 0 Å². The van der Waals surface area contributed by atoms with Gasteiger partial charge in [-0.05, 0) is 54.9 Å². The third-order valence-electron chi connectivity index (χ3n) is 5.22. The SMILES string of the molecule is CCCOC(=O)c1c(NC(=O)Cc2ccc(OC)c(OC)c2)sc2c1CC[C@@H](C)C2. The molecule has 0 bridgehead atoms. The molecule has 0 saturated carbocycles. The lowest BCUT2D eigenvalue weighted by atomic mass is 9.88. The van der Waals surface area contributed by atoms with E-state index >= 15 is 0 Å². The number of anilines is 1. The number of benzene rings is 1. The van der Waals surface area contributed by atoms with Crippen LogP contribution < -0.4 is 14.8 Å². The number of methoxy groups -OCH3 is 2. The van der Waals surface area contributed by atoms with Gasteiger partial charge in [-0.3, -0.25) is 4.79 Å². The molecule has 1 aromatic heterocycles. The second-order valence-electron chi connectivity index (χ2n) is 7.61. The molecule has 30 heavy (non-hydrogen) atoms. The van der Waals surface area contributed by atoms with Gasteiger partial charge in [0.2, 0.25) is 5.91 Å². The Labute approximate surface area is 181 Å². The minimum Gasteiger partial charge on any atom is -0.493 e. The number of fused-ring (bicyclic) bond motifs is 1. The summed E-state index contributed by atoms with van der Waals surface area (Å²) in [5.41, 5.74) is 2.38. The fraction of sp³-hybridized carbons (Fsp3) is 0.478. The molecule has 6 nitrogen and oxygen atoms in total. The Kier molecular flexibility index (Phi) is 7.37. The molecule has 1 N–H and O–H groups in total. The van der Waals surface area contributed by atoms with Crippen molar-refractivity contribution in [2.45, 2.75) is 46.0 Å². The van der Waals surface area contributed by atoms with Gasteiger partial charge in [0.25, 0.3) is 0 Å². The summed E-state index contributed by atoms with van der Waals surface area (Å²) in [6.45, 7) is 4.55. The first-order valence-electron chi connectivity index (χ1n) is 10.3. The zero-order valence-electron chi connectivity index (χ0n) is 18.0. The first kappa shape index (κ1) is 22.2. The van der Waals surface area contributed by atoms with E-state index < -0.39 is 0 Å². The summed E-state index contributed by atoms with van der Waals surface area (Å²) in [7, 11) is 3.13. The van der Waals surface area contributed by atoms with Crippen molar-refractivity contribution in [1.82, 2.24) is 0 Å². The van der Waals surface area contributed by atoms with Gasteiger partial charge >= 0.3 is 5.97 Å². The van der Waals surface area contributed by atoms with Crippen molar-refractivity contribution in [3.8, 4) is 11.5 Å². The Balaban J connectivity index is 1.81. The molecule has 0 unspecified atom stereocenters. The third kappa shape index (κ3) is 4.95. The lowest BCUT2D eigenvalue weighted by Crippen LogP contribution is -2.18. The number of amides is 1.